The summed E-state index contributed by atoms with van der Waals surface area (Å²) in [6, 6.07) is 14.8. The number of carbonyl (C=O) groups is 1. The van der Waals surface area contributed by atoms with E-state index in [2.05, 4.69) is 48.0 Å². The monoisotopic (exact) mass is 390 g/mol. The van der Waals surface area contributed by atoms with Gasteiger partial charge in [0.1, 0.15) is 11.5 Å². The predicted octanol–water partition coefficient (Wildman–Crippen LogP) is 5.10. The number of hydrogen-bond acceptors (Lipinski definition) is 1. The van der Waals surface area contributed by atoms with Gasteiger partial charge in [0, 0.05) is 18.8 Å². The van der Waals surface area contributed by atoms with Crippen LogP contribution in [-0.2, 0) is 25.9 Å². The first-order chi connectivity index (χ1) is 14.0. The fourth-order valence-corrected chi connectivity index (χ4v) is 4.28. The molecular weight excluding hydrogens is 363 g/mol. The summed E-state index contributed by atoms with van der Waals surface area (Å²) in [5.74, 6) is -0.330. The number of halogens is 1. The number of benzene rings is 2. The number of fused-ring (bicyclic) bond motifs is 1. The highest BCUT2D eigenvalue weighted by atomic mass is 19.1. The van der Waals surface area contributed by atoms with E-state index in [0.29, 0.717) is 13.1 Å². The Labute approximate surface area is 171 Å². The average Bonchev–Trinajstić information content (AvgIpc) is 3.01. The number of rotatable bonds is 5. The van der Waals surface area contributed by atoms with Gasteiger partial charge in [-0.05, 0) is 73.9 Å². The lowest BCUT2D eigenvalue weighted by atomic mass is 9.95. The second-order valence-corrected chi connectivity index (χ2v) is 7.99. The van der Waals surface area contributed by atoms with Crippen LogP contribution in [0, 0.1) is 19.7 Å². The first kappa shape index (κ1) is 19.4. The van der Waals surface area contributed by atoms with E-state index in [-0.39, 0.29) is 11.7 Å². The number of hydrogen-bond donors (Lipinski definition) is 1. The molecule has 1 aliphatic carbocycles. The lowest BCUT2D eigenvalue weighted by molar-refractivity contribution is 0.0941. The number of carbonyl (C=O) groups excluding carboxylic acids is 1. The summed E-state index contributed by atoms with van der Waals surface area (Å²) in [7, 11) is 0. The van der Waals surface area contributed by atoms with Crippen LogP contribution in [0.4, 0.5) is 4.39 Å². The molecule has 4 rings (SSSR count). The molecule has 0 atom stereocenters. The van der Waals surface area contributed by atoms with E-state index in [1.54, 1.807) is 12.1 Å². The lowest BCUT2D eigenvalue weighted by Crippen LogP contribution is -2.27. The molecule has 0 saturated heterocycles. The number of aromatic nitrogens is 1. The van der Waals surface area contributed by atoms with E-state index in [1.165, 1.54) is 47.4 Å². The third kappa shape index (κ3) is 4.12. The Balaban J connectivity index is 1.63. The second kappa shape index (κ2) is 8.24. The highest BCUT2D eigenvalue weighted by Gasteiger charge is 2.26. The van der Waals surface area contributed by atoms with Crippen molar-refractivity contribution in [2.45, 2.75) is 52.6 Å². The largest absolute Gasteiger partial charge is 0.347 e. The van der Waals surface area contributed by atoms with E-state index < -0.39 is 0 Å². The Morgan fingerprint density at radius 2 is 1.62 bits per heavy atom. The number of nitrogens with one attached hydrogen (secondary N) is 1. The molecule has 0 spiro atoms. The predicted molar refractivity (Wildman–Crippen MR) is 114 cm³/mol. The van der Waals surface area contributed by atoms with Gasteiger partial charge in [0.25, 0.3) is 5.91 Å². The Hall–Kier alpha value is -2.88. The molecule has 0 bridgehead atoms. The van der Waals surface area contributed by atoms with E-state index in [1.807, 2.05) is 0 Å². The molecule has 150 valence electrons. The maximum Gasteiger partial charge on any atom is 0.268 e. The Morgan fingerprint density at radius 1 is 0.966 bits per heavy atom. The summed E-state index contributed by atoms with van der Waals surface area (Å²) < 4.78 is 15.3. The number of nitrogens with zero attached hydrogens (tertiary/aromatic N) is 1. The van der Waals surface area contributed by atoms with Crippen molar-refractivity contribution in [1.29, 1.82) is 0 Å². The SMILES string of the molecule is Cc1ccc(Cn2c3c(c(C)c2C(=O)NCc2ccc(F)cc2)CCCC3)cc1. The van der Waals surface area contributed by atoms with Crippen molar-refractivity contribution in [2.24, 2.45) is 0 Å². The third-order valence-electron chi connectivity index (χ3n) is 5.89. The van der Waals surface area contributed by atoms with Crippen LogP contribution in [0.1, 0.15) is 56.8 Å². The van der Waals surface area contributed by atoms with Crippen LogP contribution < -0.4 is 5.32 Å². The van der Waals surface area contributed by atoms with Crippen LogP contribution >= 0.6 is 0 Å². The van der Waals surface area contributed by atoms with Crippen LogP contribution in [-0.4, -0.2) is 10.5 Å². The molecule has 1 aromatic heterocycles. The maximum atomic E-state index is 13.2. The molecule has 2 aromatic carbocycles. The summed E-state index contributed by atoms with van der Waals surface area (Å²) in [6.45, 7) is 5.25. The first-order valence-corrected chi connectivity index (χ1v) is 10.3. The van der Waals surface area contributed by atoms with Crippen LogP contribution in [0.3, 0.4) is 0 Å². The summed E-state index contributed by atoms with van der Waals surface area (Å²) in [5, 5.41) is 3.04. The molecule has 1 N–H and O–H groups in total. The zero-order valence-electron chi connectivity index (χ0n) is 17.1. The molecule has 0 aliphatic heterocycles. The van der Waals surface area contributed by atoms with Crippen molar-refractivity contribution in [1.82, 2.24) is 9.88 Å². The van der Waals surface area contributed by atoms with Crippen LogP contribution in [0.15, 0.2) is 48.5 Å². The summed E-state index contributed by atoms with van der Waals surface area (Å²) in [4.78, 5) is 13.2. The maximum absolute atomic E-state index is 13.2. The molecule has 1 aliphatic rings. The molecule has 4 heteroatoms. The van der Waals surface area contributed by atoms with Gasteiger partial charge in [-0.1, -0.05) is 42.0 Å². The van der Waals surface area contributed by atoms with Gasteiger partial charge < -0.3 is 9.88 Å². The van der Waals surface area contributed by atoms with E-state index in [4.69, 9.17) is 0 Å². The van der Waals surface area contributed by atoms with Crippen molar-refractivity contribution < 1.29 is 9.18 Å². The van der Waals surface area contributed by atoms with E-state index >= 15 is 0 Å². The van der Waals surface area contributed by atoms with Gasteiger partial charge in [0.15, 0.2) is 0 Å². The highest BCUT2D eigenvalue weighted by Crippen LogP contribution is 2.30. The standard InChI is InChI=1S/C25H27FN2O/c1-17-7-9-20(10-8-17)16-28-23-6-4-3-5-22(23)18(2)24(28)25(29)27-15-19-11-13-21(26)14-12-19/h7-14H,3-6,15-16H2,1-2H3,(H,27,29). The van der Waals surface area contributed by atoms with Crippen molar-refractivity contribution in [3.05, 3.63) is 93.6 Å². The third-order valence-corrected chi connectivity index (χ3v) is 5.89. The van der Waals surface area contributed by atoms with Gasteiger partial charge in [-0.25, -0.2) is 4.39 Å². The molecule has 1 amide bonds. The molecule has 0 radical (unpaired) electrons. The van der Waals surface area contributed by atoms with Gasteiger partial charge in [-0.3, -0.25) is 4.79 Å². The van der Waals surface area contributed by atoms with Crippen LogP contribution in [0.5, 0.6) is 0 Å². The van der Waals surface area contributed by atoms with Gasteiger partial charge >= 0.3 is 0 Å². The lowest BCUT2D eigenvalue weighted by Gasteiger charge is -2.17. The fraction of sp³-hybridized carbons (Fsp3) is 0.320. The highest BCUT2D eigenvalue weighted by molar-refractivity contribution is 5.95. The van der Waals surface area contributed by atoms with Gasteiger partial charge in [0.05, 0.1) is 0 Å². The van der Waals surface area contributed by atoms with Gasteiger partial charge in [-0.15, -0.1) is 0 Å². The van der Waals surface area contributed by atoms with Crippen molar-refractivity contribution in [2.75, 3.05) is 0 Å². The smallest absolute Gasteiger partial charge is 0.268 e. The molecule has 3 aromatic rings. The molecule has 3 nitrogen and oxygen atoms in total. The Morgan fingerprint density at radius 3 is 2.34 bits per heavy atom. The molecule has 0 saturated carbocycles. The zero-order chi connectivity index (χ0) is 20.4. The van der Waals surface area contributed by atoms with Crippen LogP contribution in [0.25, 0.3) is 0 Å². The second-order valence-electron chi connectivity index (χ2n) is 7.99. The van der Waals surface area contributed by atoms with E-state index in [9.17, 15) is 9.18 Å². The molecule has 29 heavy (non-hydrogen) atoms. The van der Waals surface area contributed by atoms with Gasteiger partial charge in [-0.2, -0.15) is 0 Å². The van der Waals surface area contributed by atoms with Gasteiger partial charge in [0.2, 0.25) is 0 Å². The summed E-state index contributed by atoms with van der Waals surface area (Å²) >= 11 is 0. The minimum absolute atomic E-state index is 0.0617. The molecule has 0 fully saturated rings. The first-order valence-electron chi connectivity index (χ1n) is 10.3. The minimum atomic E-state index is -0.268. The summed E-state index contributed by atoms with van der Waals surface area (Å²) in [6.07, 6.45) is 4.41. The molecular formula is C25H27FN2O. The van der Waals surface area contributed by atoms with E-state index in [0.717, 1.165) is 29.7 Å². The van der Waals surface area contributed by atoms with Crippen molar-refractivity contribution >= 4 is 5.91 Å². The Kier molecular flexibility index (Phi) is 5.52. The van der Waals surface area contributed by atoms with Crippen molar-refractivity contribution in [3.63, 3.8) is 0 Å². The normalized spacial score (nSPS) is 13.2. The summed E-state index contributed by atoms with van der Waals surface area (Å²) in [5.41, 5.74) is 7.83. The molecule has 0 unspecified atom stereocenters. The van der Waals surface area contributed by atoms with Crippen LogP contribution in [0.2, 0.25) is 0 Å². The molecule has 1 heterocycles. The number of amides is 1. The Bertz CT molecular complexity index is 1020. The zero-order valence-corrected chi connectivity index (χ0v) is 17.1. The number of aryl methyl sites for hydroxylation is 1. The quantitative estimate of drug-likeness (QED) is 0.646. The fourth-order valence-electron chi connectivity index (χ4n) is 4.28. The topological polar surface area (TPSA) is 34.0 Å². The minimum Gasteiger partial charge on any atom is -0.347 e. The van der Waals surface area contributed by atoms with Crippen molar-refractivity contribution in [3.8, 4) is 0 Å². The average molecular weight is 391 g/mol.